The van der Waals surface area contributed by atoms with Gasteiger partial charge in [-0.15, -0.1) is 0 Å². The van der Waals surface area contributed by atoms with Crippen LogP contribution in [0.4, 0.5) is 0 Å². The molecule has 1 unspecified atom stereocenters. The Morgan fingerprint density at radius 3 is 2.43 bits per heavy atom. The lowest BCUT2D eigenvalue weighted by molar-refractivity contribution is -0.133. The van der Waals surface area contributed by atoms with Crippen molar-refractivity contribution in [2.24, 2.45) is 11.8 Å². The molecule has 0 radical (unpaired) electrons. The second-order valence-corrected chi connectivity index (χ2v) is 7.01. The molecule has 0 aromatic heterocycles. The highest BCUT2D eigenvalue weighted by Gasteiger charge is 2.35. The van der Waals surface area contributed by atoms with Crippen molar-refractivity contribution in [1.29, 1.82) is 0 Å². The van der Waals surface area contributed by atoms with Gasteiger partial charge in [-0.1, -0.05) is 24.3 Å². The third kappa shape index (κ3) is 2.98. The molecule has 1 heterocycles. The molecule has 2 fully saturated rings. The molecule has 1 aliphatic heterocycles. The number of carbonyl (C=O) groups excluding carboxylic acids is 1. The number of hydrogen-bond donors (Lipinski definition) is 1. The molecular weight excluding hydrogens is 260 g/mol. The van der Waals surface area contributed by atoms with E-state index in [-0.39, 0.29) is 5.92 Å². The van der Waals surface area contributed by atoms with E-state index in [2.05, 4.69) is 34.5 Å². The van der Waals surface area contributed by atoms with E-state index in [9.17, 15) is 4.79 Å². The lowest BCUT2D eigenvalue weighted by Gasteiger charge is -2.31. The minimum atomic E-state index is 0.0208. The Labute approximate surface area is 126 Å². The molecule has 3 nitrogen and oxygen atoms in total. The molecule has 0 saturated heterocycles. The summed E-state index contributed by atoms with van der Waals surface area (Å²) in [5.74, 6) is 1.93. The van der Waals surface area contributed by atoms with E-state index in [0.29, 0.717) is 5.91 Å². The van der Waals surface area contributed by atoms with Crippen LogP contribution in [0.3, 0.4) is 0 Å². The first kappa shape index (κ1) is 13.3. The largest absolute Gasteiger partial charge is 0.342 e. The van der Waals surface area contributed by atoms with Crippen molar-refractivity contribution in [1.82, 2.24) is 10.2 Å². The van der Waals surface area contributed by atoms with Gasteiger partial charge in [-0.2, -0.15) is 0 Å². The quantitative estimate of drug-likeness (QED) is 0.901. The van der Waals surface area contributed by atoms with Gasteiger partial charge in [-0.05, 0) is 48.6 Å². The molecule has 0 bridgehead atoms. The number of rotatable bonds is 5. The predicted molar refractivity (Wildman–Crippen MR) is 82.9 cm³/mol. The smallest absolute Gasteiger partial charge is 0.231 e. The van der Waals surface area contributed by atoms with E-state index in [1.165, 1.54) is 36.8 Å². The topological polar surface area (TPSA) is 32.3 Å². The zero-order valence-electron chi connectivity index (χ0n) is 12.6. The van der Waals surface area contributed by atoms with Gasteiger partial charge in [0.25, 0.3) is 0 Å². The molecule has 2 aliphatic carbocycles. The maximum absolute atomic E-state index is 13.1. The van der Waals surface area contributed by atoms with Crippen molar-refractivity contribution >= 4 is 5.91 Å². The maximum atomic E-state index is 13.1. The summed E-state index contributed by atoms with van der Waals surface area (Å²) >= 11 is 0. The van der Waals surface area contributed by atoms with E-state index in [1.54, 1.807) is 0 Å². The molecule has 112 valence electrons. The molecule has 1 atom stereocenters. The molecule has 1 aromatic rings. The summed E-state index contributed by atoms with van der Waals surface area (Å²) in [6, 6.07) is 8.43. The summed E-state index contributed by atoms with van der Waals surface area (Å²) in [6.07, 6.45) is 5.25. The van der Waals surface area contributed by atoms with E-state index in [4.69, 9.17) is 0 Å². The summed E-state index contributed by atoms with van der Waals surface area (Å²) < 4.78 is 0. The van der Waals surface area contributed by atoms with Crippen LogP contribution in [0.5, 0.6) is 0 Å². The summed E-state index contributed by atoms with van der Waals surface area (Å²) in [7, 11) is 0. The third-order valence-corrected chi connectivity index (χ3v) is 5.06. The van der Waals surface area contributed by atoms with Gasteiger partial charge in [0.1, 0.15) is 0 Å². The van der Waals surface area contributed by atoms with Crippen LogP contribution in [0, 0.1) is 11.8 Å². The molecule has 21 heavy (non-hydrogen) atoms. The number of amides is 1. The minimum absolute atomic E-state index is 0.0208. The van der Waals surface area contributed by atoms with Crippen molar-refractivity contribution in [2.45, 2.75) is 38.1 Å². The standard InChI is InChI=1S/C18H24N2O/c21-18(20(11-13-5-6-13)12-14-7-8-14)17-10-19-9-15-3-1-2-4-16(15)17/h1-4,13-14,17,19H,5-12H2. The van der Waals surface area contributed by atoms with Crippen LogP contribution in [-0.4, -0.2) is 30.4 Å². The van der Waals surface area contributed by atoms with Crippen molar-refractivity contribution in [2.75, 3.05) is 19.6 Å². The molecular formula is C18H24N2O. The third-order valence-electron chi connectivity index (χ3n) is 5.06. The van der Waals surface area contributed by atoms with Crippen LogP contribution in [0.1, 0.15) is 42.7 Å². The second kappa shape index (κ2) is 5.45. The van der Waals surface area contributed by atoms with Crippen LogP contribution in [0.15, 0.2) is 24.3 Å². The number of nitrogens with one attached hydrogen (secondary N) is 1. The Kier molecular flexibility index (Phi) is 3.46. The highest BCUT2D eigenvalue weighted by Crippen LogP contribution is 2.35. The average molecular weight is 284 g/mol. The monoisotopic (exact) mass is 284 g/mol. The summed E-state index contributed by atoms with van der Waals surface area (Å²) in [5.41, 5.74) is 2.54. The Hall–Kier alpha value is -1.35. The van der Waals surface area contributed by atoms with Gasteiger partial charge in [0.05, 0.1) is 5.92 Å². The Bertz CT molecular complexity index is 520. The summed E-state index contributed by atoms with van der Waals surface area (Å²) in [6.45, 7) is 3.68. The molecule has 3 aliphatic rings. The van der Waals surface area contributed by atoms with Crippen molar-refractivity contribution < 1.29 is 4.79 Å². The highest BCUT2D eigenvalue weighted by molar-refractivity contribution is 5.85. The predicted octanol–water partition coefficient (Wildman–Crippen LogP) is 2.52. The first-order valence-corrected chi connectivity index (χ1v) is 8.38. The van der Waals surface area contributed by atoms with Gasteiger partial charge in [-0.3, -0.25) is 4.79 Å². The van der Waals surface area contributed by atoms with Crippen molar-refractivity contribution in [3.63, 3.8) is 0 Å². The molecule has 1 amide bonds. The molecule has 3 heteroatoms. The number of fused-ring (bicyclic) bond motifs is 1. The Balaban J connectivity index is 1.54. The van der Waals surface area contributed by atoms with E-state index in [0.717, 1.165) is 38.0 Å². The van der Waals surface area contributed by atoms with E-state index in [1.807, 2.05) is 0 Å². The second-order valence-electron chi connectivity index (χ2n) is 7.01. The Morgan fingerprint density at radius 2 is 1.76 bits per heavy atom. The van der Waals surface area contributed by atoms with E-state index < -0.39 is 0 Å². The molecule has 1 N–H and O–H groups in total. The van der Waals surface area contributed by atoms with Gasteiger partial charge in [0, 0.05) is 26.2 Å². The van der Waals surface area contributed by atoms with Crippen LogP contribution in [-0.2, 0) is 11.3 Å². The number of nitrogens with zero attached hydrogens (tertiary/aromatic N) is 1. The first-order chi connectivity index (χ1) is 10.3. The lowest BCUT2D eigenvalue weighted by Crippen LogP contribution is -2.43. The molecule has 4 rings (SSSR count). The summed E-state index contributed by atoms with van der Waals surface area (Å²) in [5, 5.41) is 3.42. The highest BCUT2D eigenvalue weighted by atomic mass is 16.2. The fourth-order valence-corrected chi connectivity index (χ4v) is 3.42. The van der Waals surface area contributed by atoms with Gasteiger partial charge < -0.3 is 10.2 Å². The average Bonchev–Trinajstić information content (AvgIpc) is 3.41. The zero-order chi connectivity index (χ0) is 14.2. The molecule has 2 saturated carbocycles. The fourth-order valence-electron chi connectivity index (χ4n) is 3.42. The van der Waals surface area contributed by atoms with Crippen molar-refractivity contribution in [3.8, 4) is 0 Å². The zero-order valence-corrected chi connectivity index (χ0v) is 12.6. The maximum Gasteiger partial charge on any atom is 0.231 e. The first-order valence-electron chi connectivity index (χ1n) is 8.38. The van der Waals surface area contributed by atoms with Gasteiger partial charge >= 0.3 is 0 Å². The van der Waals surface area contributed by atoms with Crippen LogP contribution >= 0.6 is 0 Å². The lowest BCUT2D eigenvalue weighted by atomic mass is 9.89. The molecule has 1 aromatic carbocycles. The molecule has 0 spiro atoms. The van der Waals surface area contributed by atoms with Gasteiger partial charge in [-0.25, -0.2) is 0 Å². The summed E-state index contributed by atoms with van der Waals surface area (Å²) in [4.78, 5) is 15.3. The van der Waals surface area contributed by atoms with Gasteiger partial charge in [0.15, 0.2) is 0 Å². The van der Waals surface area contributed by atoms with Gasteiger partial charge in [0.2, 0.25) is 5.91 Å². The fraction of sp³-hybridized carbons (Fsp3) is 0.611. The van der Waals surface area contributed by atoms with Crippen LogP contribution in [0.25, 0.3) is 0 Å². The SMILES string of the molecule is O=C(C1CNCc2ccccc21)N(CC1CC1)CC1CC1. The number of benzene rings is 1. The van der Waals surface area contributed by atoms with Crippen LogP contribution < -0.4 is 5.32 Å². The normalized spacial score (nSPS) is 24.5. The van der Waals surface area contributed by atoms with Crippen molar-refractivity contribution in [3.05, 3.63) is 35.4 Å². The van der Waals surface area contributed by atoms with E-state index >= 15 is 0 Å². The minimum Gasteiger partial charge on any atom is -0.342 e. The van der Waals surface area contributed by atoms with Crippen LogP contribution in [0.2, 0.25) is 0 Å². The number of carbonyl (C=O) groups is 1. The Morgan fingerprint density at radius 1 is 1.10 bits per heavy atom. The number of hydrogen-bond acceptors (Lipinski definition) is 2.